The molecule has 0 unspecified atom stereocenters. The van der Waals surface area contributed by atoms with Crippen molar-refractivity contribution in [2.45, 2.75) is 19.3 Å². The van der Waals surface area contributed by atoms with Crippen molar-refractivity contribution >= 4 is 17.6 Å². The Hall–Kier alpha value is -2.04. The summed E-state index contributed by atoms with van der Waals surface area (Å²) in [4.78, 5) is 24.9. The van der Waals surface area contributed by atoms with Crippen molar-refractivity contribution in [1.29, 1.82) is 0 Å². The molecule has 1 amide bonds. The van der Waals surface area contributed by atoms with Gasteiger partial charge in [-0.05, 0) is 42.9 Å². The molecule has 0 spiro atoms. The Kier molecular flexibility index (Phi) is 3.34. The summed E-state index contributed by atoms with van der Waals surface area (Å²) < 4.78 is 0. The zero-order valence-corrected chi connectivity index (χ0v) is 11.3. The van der Waals surface area contributed by atoms with Crippen LogP contribution in [0.2, 0.25) is 0 Å². The number of carboxylic acid groups (broad SMARTS) is 1. The second-order valence-corrected chi connectivity index (χ2v) is 5.57. The van der Waals surface area contributed by atoms with E-state index >= 15 is 0 Å². The van der Waals surface area contributed by atoms with E-state index in [0.717, 1.165) is 30.8 Å². The quantitative estimate of drug-likeness (QED) is 0.848. The number of hydrogen-bond acceptors (Lipinski definition) is 3. The van der Waals surface area contributed by atoms with Crippen LogP contribution in [-0.2, 0) is 11.2 Å². The number of rotatable bonds is 5. The maximum absolute atomic E-state index is 11.9. The second-order valence-electron chi connectivity index (χ2n) is 5.57. The first-order chi connectivity index (χ1) is 9.63. The number of carbonyl (C=O) groups is 2. The molecule has 5 nitrogen and oxygen atoms in total. The average Bonchev–Trinajstić information content (AvgIpc) is 3.18. The summed E-state index contributed by atoms with van der Waals surface area (Å²) in [6.07, 6.45) is 3.30. The Bertz CT molecular complexity index is 552. The minimum Gasteiger partial charge on any atom is -0.478 e. The highest BCUT2D eigenvalue weighted by molar-refractivity contribution is 5.90. The molecule has 0 radical (unpaired) electrons. The van der Waals surface area contributed by atoms with E-state index in [1.807, 2.05) is 11.0 Å². The monoisotopic (exact) mass is 274 g/mol. The molecule has 1 saturated carbocycles. The van der Waals surface area contributed by atoms with E-state index in [4.69, 9.17) is 5.11 Å². The number of amides is 1. The van der Waals surface area contributed by atoms with Crippen LogP contribution < -0.4 is 10.2 Å². The van der Waals surface area contributed by atoms with Crippen molar-refractivity contribution in [3.63, 3.8) is 0 Å². The molecule has 1 fully saturated rings. The fourth-order valence-electron chi connectivity index (χ4n) is 2.55. The molecule has 2 N–H and O–H groups in total. The van der Waals surface area contributed by atoms with Gasteiger partial charge in [0, 0.05) is 18.8 Å². The Morgan fingerprint density at radius 3 is 2.85 bits per heavy atom. The van der Waals surface area contributed by atoms with Crippen molar-refractivity contribution in [3.8, 4) is 0 Å². The number of fused-ring (bicyclic) bond motifs is 1. The second kappa shape index (κ2) is 5.15. The van der Waals surface area contributed by atoms with Gasteiger partial charge in [-0.15, -0.1) is 0 Å². The molecule has 1 aromatic carbocycles. The zero-order chi connectivity index (χ0) is 14.1. The maximum atomic E-state index is 11.9. The van der Waals surface area contributed by atoms with Crippen LogP contribution >= 0.6 is 0 Å². The summed E-state index contributed by atoms with van der Waals surface area (Å²) in [6.45, 7) is 1.85. The van der Waals surface area contributed by atoms with Crippen molar-refractivity contribution in [2.75, 3.05) is 24.5 Å². The van der Waals surface area contributed by atoms with Crippen LogP contribution in [0.5, 0.6) is 0 Å². The van der Waals surface area contributed by atoms with Crippen LogP contribution in [0.3, 0.4) is 0 Å². The molecule has 1 aliphatic carbocycles. The normalized spacial score (nSPS) is 16.9. The van der Waals surface area contributed by atoms with Gasteiger partial charge in [-0.3, -0.25) is 4.79 Å². The van der Waals surface area contributed by atoms with Gasteiger partial charge >= 0.3 is 5.97 Å². The summed E-state index contributed by atoms with van der Waals surface area (Å²) in [7, 11) is 0. The number of benzene rings is 1. The van der Waals surface area contributed by atoms with E-state index in [-0.39, 0.29) is 11.5 Å². The summed E-state index contributed by atoms with van der Waals surface area (Å²) in [5, 5.41) is 12.0. The smallest absolute Gasteiger partial charge is 0.335 e. The summed E-state index contributed by atoms with van der Waals surface area (Å²) in [5.41, 5.74) is 2.27. The minimum absolute atomic E-state index is 0.0190. The average molecular weight is 274 g/mol. The lowest BCUT2D eigenvalue weighted by Gasteiger charge is -2.19. The van der Waals surface area contributed by atoms with Crippen molar-refractivity contribution in [2.24, 2.45) is 5.92 Å². The number of nitrogens with one attached hydrogen (secondary N) is 1. The number of aromatic carboxylic acids is 1. The highest BCUT2D eigenvalue weighted by Gasteiger charge is 2.24. The molecule has 0 aromatic heterocycles. The minimum atomic E-state index is -0.933. The first-order valence-electron chi connectivity index (χ1n) is 7.01. The van der Waals surface area contributed by atoms with Gasteiger partial charge in [0.15, 0.2) is 0 Å². The molecular formula is C15H18N2O3. The molecule has 106 valence electrons. The van der Waals surface area contributed by atoms with E-state index in [1.54, 1.807) is 12.1 Å². The van der Waals surface area contributed by atoms with E-state index in [0.29, 0.717) is 12.5 Å². The Labute approximate surface area is 117 Å². The van der Waals surface area contributed by atoms with Crippen LogP contribution in [0.25, 0.3) is 0 Å². The molecular weight excluding hydrogens is 256 g/mol. The van der Waals surface area contributed by atoms with Crippen molar-refractivity contribution in [1.82, 2.24) is 5.32 Å². The fraction of sp³-hybridized carbons (Fsp3) is 0.467. The number of carboxylic acids is 1. The van der Waals surface area contributed by atoms with E-state index < -0.39 is 5.97 Å². The molecule has 20 heavy (non-hydrogen) atoms. The topological polar surface area (TPSA) is 69.6 Å². The third kappa shape index (κ3) is 2.76. The predicted molar refractivity (Wildman–Crippen MR) is 75.1 cm³/mol. The third-order valence-corrected chi connectivity index (χ3v) is 3.94. The van der Waals surface area contributed by atoms with Crippen molar-refractivity contribution in [3.05, 3.63) is 29.3 Å². The van der Waals surface area contributed by atoms with Gasteiger partial charge in [0.25, 0.3) is 0 Å². The Balaban J connectivity index is 1.66. The zero-order valence-electron chi connectivity index (χ0n) is 11.3. The van der Waals surface area contributed by atoms with Crippen LogP contribution in [0.4, 0.5) is 5.69 Å². The third-order valence-electron chi connectivity index (χ3n) is 3.94. The number of anilines is 1. The molecule has 1 aromatic rings. The van der Waals surface area contributed by atoms with Crippen LogP contribution in [0, 0.1) is 5.92 Å². The molecule has 1 aliphatic heterocycles. The molecule has 5 heteroatoms. The lowest BCUT2D eigenvalue weighted by Crippen LogP contribution is -2.37. The van der Waals surface area contributed by atoms with Gasteiger partial charge in [0.1, 0.15) is 0 Å². The summed E-state index contributed by atoms with van der Waals surface area (Å²) >= 11 is 0. The molecule has 1 heterocycles. The number of nitrogens with zero attached hydrogens (tertiary/aromatic N) is 1. The van der Waals surface area contributed by atoms with Gasteiger partial charge in [0.05, 0.1) is 12.1 Å². The van der Waals surface area contributed by atoms with Gasteiger partial charge in [-0.25, -0.2) is 4.79 Å². The van der Waals surface area contributed by atoms with Gasteiger partial charge < -0.3 is 15.3 Å². The molecule has 2 aliphatic rings. The Morgan fingerprint density at radius 1 is 1.35 bits per heavy atom. The molecule has 0 saturated heterocycles. The first-order valence-corrected chi connectivity index (χ1v) is 7.01. The molecule has 0 bridgehead atoms. The summed E-state index contributed by atoms with van der Waals surface area (Å²) in [5.74, 6) is -0.244. The number of hydrogen-bond donors (Lipinski definition) is 2. The van der Waals surface area contributed by atoms with Gasteiger partial charge in [0.2, 0.25) is 5.91 Å². The molecule has 0 atom stereocenters. The SMILES string of the molecule is O=C(CN1CCc2ccc(C(=O)O)cc21)NCC1CC1. The standard InChI is InChI=1S/C15H18N2O3/c18-14(16-8-10-1-2-10)9-17-6-5-11-3-4-12(15(19)20)7-13(11)17/h3-4,7,10H,1-2,5-6,8-9H2,(H,16,18)(H,19,20). The molecule has 3 rings (SSSR count). The van der Waals surface area contributed by atoms with Gasteiger partial charge in [-0.1, -0.05) is 6.07 Å². The Morgan fingerprint density at radius 2 is 2.15 bits per heavy atom. The number of carbonyl (C=O) groups excluding carboxylic acids is 1. The van der Waals surface area contributed by atoms with E-state index in [2.05, 4.69) is 5.32 Å². The van der Waals surface area contributed by atoms with Crippen LogP contribution in [-0.4, -0.2) is 36.6 Å². The van der Waals surface area contributed by atoms with Gasteiger partial charge in [-0.2, -0.15) is 0 Å². The van der Waals surface area contributed by atoms with E-state index in [9.17, 15) is 9.59 Å². The lowest BCUT2D eigenvalue weighted by atomic mass is 10.1. The first kappa shape index (κ1) is 13.0. The summed E-state index contributed by atoms with van der Waals surface area (Å²) in [6, 6.07) is 5.14. The van der Waals surface area contributed by atoms with Crippen LogP contribution in [0.15, 0.2) is 18.2 Å². The highest BCUT2D eigenvalue weighted by atomic mass is 16.4. The predicted octanol–water partition coefficient (Wildman–Crippen LogP) is 1.27. The maximum Gasteiger partial charge on any atom is 0.335 e. The lowest BCUT2D eigenvalue weighted by molar-refractivity contribution is -0.119. The van der Waals surface area contributed by atoms with Crippen molar-refractivity contribution < 1.29 is 14.7 Å². The fourth-order valence-corrected chi connectivity index (χ4v) is 2.55. The largest absolute Gasteiger partial charge is 0.478 e. The van der Waals surface area contributed by atoms with E-state index in [1.165, 1.54) is 12.8 Å². The van der Waals surface area contributed by atoms with Crippen LogP contribution in [0.1, 0.15) is 28.8 Å². The highest BCUT2D eigenvalue weighted by Crippen LogP contribution is 2.29.